The predicted molar refractivity (Wildman–Crippen MR) is 121 cm³/mol. The van der Waals surface area contributed by atoms with Crippen LogP contribution in [-0.2, 0) is 11.3 Å². The predicted octanol–water partition coefficient (Wildman–Crippen LogP) is 3.31. The number of carbonyl (C=O) groups is 2. The van der Waals surface area contributed by atoms with Gasteiger partial charge in [0.2, 0.25) is 5.91 Å². The Morgan fingerprint density at radius 3 is 2.56 bits per heavy atom. The molecule has 2 fully saturated rings. The van der Waals surface area contributed by atoms with Crippen LogP contribution in [0.3, 0.4) is 0 Å². The number of hydrogen-bond donors (Lipinski definition) is 0. The van der Waals surface area contributed by atoms with Gasteiger partial charge in [-0.1, -0.05) is 18.2 Å². The molecule has 166 valence electrons. The van der Waals surface area contributed by atoms with E-state index in [0.29, 0.717) is 31.7 Å². The molecule has 2 aliphatic rings. The molecule has 0 radical (unpaired) electrons. The fraction of sp³-hybridized carbons (Fsp3) is 0.400. The highest BCUT2D eigenvalue weighted by atomic mass is 16.5. The number of hydrogen-bond acceptors (Lipinski definition) is 4. The van der Waals surface area contributed by atoms with Crippen LogP contribution >= 0.6 is 0 Å². The summed E-state index contributed by atoms with van der Waals surface area (Å²) >= 11 is 0. The number of methoxy groups -OCH3 is 1. The highest BCUT2D eigenvalue weighted by Crippen LogP contribution is 2.41. The van der Waals surface area contributed by atoms with Crippen molar-refractivity contribution in [3.8, 4) is 5.75 Å². The third-order valence-electron chi connectivity index (χ3n) is 7.02. The van der Waals surface area contributed by atoms with Gasteiger partial charge >= 0.3 is 0 Å². The van der Waals surface area contributed by atoms with Crippen LogP contribution < -0.4 is 4.74 Å². The molecule has 4 heterocycles. The van der Waals surface area contributed by atoms with E-state index in [2.05, 4.69) is 4.98 Å². The summed E-state index contributed by atoms with van der Waals surface area (Å²) in [5.74, 6) is 1.01. The zero-order chi connectivity index (χ0) is 22.3. The summed E-state index contributed by atoms with van der Waals surface area (Å²) in [6.45, 7) is 4.64. The lowest BCUT2D eigenvalue weighted by Crippen LogP contribution is -2.44. The third-order valence-corrected chi connectivity index (χ3v) is 7.02. The second-order valence-electron chi connectivity index (χ2n) is 9.04. The molecule has 5 rings (SSSR count). The van der Waals surface area contributed by atoms with Crippen LogP contribution in [0.2, 0.25) is 0 Å². The number of imidazole rings is 1. The van der Waals surface area contributed by atoms with E-state index in [1.165, 1.54) is 0 Å². The molecule has 1 aromatic carbocycles. The number of amides is 2. The first kappa shape index (κ1) is 20.5. The standard InChI is InChI=1S/C25H28N4O3/c1-18-23(26-21-5-3-4-12-29(18)21)24(31)27-13-10-25(11-14-27)15-22(30)28(17-25)16-19-6-8-20(32-2)9-7-19/h3-9,12H,10-11,13-17H2,1-2H3. The van der Waals surface area contributed by atoms with Crippen molar-refractivity contribution in [2.75, 3.05) is 26.7 Å². The van der Waals surface area contributed by atoms with E-state index in [0.717, 1.165) is 42.0 Å². The van der Waals surface area contributed by atoms with E-state index < -0.39 is 0 Å². The van der Waals surface area contributed by atoms with Crippen LogP contribution in [0.15, 0.2) is 48.7 Å². The fourth-order valence-electron chi connectivity index (χ4n) is 5.07. The molecule has 0 aliphatic carbocycles. The van der Waals surface area contributed by atoms with Gasteiger partial charge in [0.1, 0.15) is 17.1 Å². The maximum atomic E-state index is 13.2. The van der Waals surface area contributed by atoms with Crippen molar-refractivity contribution in [1.29, 1.82) is 0 Å². The summed E-state index contributed by atoms with van der Waals surface area (Å²) in [6.07, 6.45) is 4.19. The Bertz CT molecular complexity index is 1160. The molecule has 1 spiro atoms. The quantitative estimate of drug-likeness (QED) is 0.634. The van der Waals surface area contributed by atoms with Crippen molar-refractivity contribution < 1.29 is 14.3 Å². The van der Waals surface area contributed by atoms with Gasteiger partial charge in [-0.25, -0.2) is 4.98 Å². The molecule has 2 saturated heterocycles. The number of pyridine rings is 1. The van der Waals surface area contributed by atoms with Crippen LogP contribution in [0.5, 0.6) is 5.75 Å². The van der Waals surface area contributed by atoms with Crippen LogP contribution in [-0.4, -0.2) is 57.7 Å². The largest absolute Gasteiger partial charge is 0.497 e. The van der Waals surface area contributed by atoms with Gasteiger partial charge in [-0.2, -0.15) is 0 Å². The normalized spacial score (nSPS) is 18.0. The monoisotopic (exact) mass is 432 g/mol. The first-order chi connectivity index (χ1) is 15.5. The number of benzene rings is 1. The van der Waals surface area contributed by atoms with Gasteiger partial charge in [0.15, 0.2) is 0 Å². The SMILES string of the molecule is COc1ccc(CN2CC3(CCN(C(=O)c4nc5ccccn5c4C)CC3)CC2=O)cc1. The second kappa shape index (κ2) is 7.97. The minimum Gasteiger partial charge on any atom is -0.497 e. The maximum absolute atomic E-state index is 13.2. The number of nitrogens with zero attached hydrogens (tertiary/aromatic N) is 4. The first-order valence-corrected chi connectivity index (χ1v) is 11.1. The smallest absolute Gasteiger partial charge is 0.274 e. The number of ether oxygens (including phenoxy) is 1. The van der Waals surface area contributed by atoms with Crippen molar-refractivity contribution >= 4 is 17.5 Å². The number of rotatable bonds is 4. The number of fused-ring (bicyclic) bond motifs is 1. The first-order valence-electron chi connectivity index (χ1n) is 11.1. The van der Waals surface area contributed by atoms with Gasteiger partial charge in [0.05, 0.1) is 12.8 Å². The zero-order valence-corrected chi connectivity index (χ0v) is 18.6. The van der Waals surface area contributed by atoms with Gasteiger partial charge in [0, 0.05) is 44.2 Å². The summed E-state index contributed by atoms with van der Waals surface area (Å²) in [7, 11) is 1.65. The van der Waals surface area contributed by atoms with Crippen molar-refractivity contribution in [3.63, 3.8) is 0 Å². The van der Waals surface area contributed by atoms with Gasteiger partial charge in [-0.3, -0.25) is 9.59 Å². The van der Waals surface area contributed by atoms with Crippen molar-refractivity contribution in [1.82, 2.24) is 19.2 Å². The summed E-state index contributed by atoms with van der Waals surface area (Å²) in [4.78, 5) is 34.4. The Kier molecular flexibility index (Phi) is 5.12. The Morgan fingerprint density at radius 2 is 1.88 bits per heavy atom. The van der Waals surface area contributed by atoms with E-state index in [1.54, 1.807) is 7.11 Å². The van der Waals surface area contributed by atoms with Crippen molar-refractivity contribution in [2.45, 2.75) is 32.7 Å². The topological polar surface area (TPSA) is 67.2 Å². The number of aryl methyl sites for hydroxylation is 1. The molecule has 0 unspecified atom stereocenters. The van der Waals surface area contributed by atoms with Crippen LogP contribution in [0.1, 0.15) is 41.0 Å². The minimum absolute atomic E-state index is 0.0135. The molecule has 32 heavy (non-hydrogen) atoms. The second-order valence-corrected chi connectivity index (χ2v) is 9.04. The summed E-state index contributed by atoms with van der Waals surface area (Å²) in [5.41, 5.74) is 3.25. The lowest BCUT2D eigenvalue weighted by Gasteiger charge is -2.38. The lowest BCUT2D eigenvalue weighted by atomic mass is 9.77. The Labute approximate surface area is 187 Å². The average Bonchev–Trinajstić information content (AvgIpc) is 3.31. The molecule has 7 nitrogen and oxygen atoms in total. The minimum atomic E-state index is -0.0334. The van der Waals surface area contributed by atoms with E-state index in [-0.39, 0.29) is 17.2 Å². The van der Waals surface area contributed by atoms with E-state index in [9.17, 15) is 9.59 Å². The van der Waals surface area contributed by atoms with E-state index in [4.69, 9.17) is 4.74 Å². The molecule has 2 amide bonds. The molecular formula is C25H28N4O3. The van der Waals surface area contributed by atoms with Gasteiger partial charge in [0.25, 0.3) is 5.91 Å². The van der Waals surface area contributed by atoms with Crippen LogP contribution in [0.4, 0.5) is 0 Å². The summed E-state index contributed by atoms with van der Waals surface area (Å²) in [5, 5.41) is 0. The number of aromatic nitrogens is 2. The molecule has 0 bridgehead atoms. The molecule has 7 heteroatoms. The van der Waals surface area contributed by atoms with Gasteiger partial charge in [-0.15, -0.1) is 0 Å². The van der Waals surface area contributed by atoms with Crippen molar-refractivity contribution in [3.05, 3.63) is 65.6 Å². The Morgan fingerprint density at radius 1 is 1.12 bits per heavy atom. The van der Waals surface area contributed by atoms with Gasteiger partial charge in [-0.05, 0) is 49.6 Å². The highest BCUT2D eigenvalue weighted by Gasteiger charge is 2.45. The molecule has 0 atom stereocenters. The third kappa shape index (κ3) is 3.61. The molecule has 2 aliphatic heterocycles. The fourth-order valence-corrected chi connectivity index (χ4v) is 5.07. The number of likely N-dealkylation sites (tertiary alicyclic amines) is 2. The average molecular weight is 433 g/mol. The van der Waals surface area contributed by atoms with Crippen LogP contribution in [0.25, 0.3) is 5.65 Å². The molecule has 2 aromatic heterocycles. The summed E-state index contributed by atoms with van der Waals surface area (Å²) in [6, 6.07) is 13.7. The molecule has 0 N–H and O–H groups in total. The molecular weight excluding hydrogens is 404 g/mol. The summed E-state index contributed by atoms with van der Waals surface area (Å²) < 4.78 is 7.17. The van der Waals surface area contributed by atoms with Crippen LogP contribution in [0, 0.1) is 12.3 Å². The van der Waals surface area contributed by atoms with E-state index in [1.807, 2.05) is 69.8 Å². The zero-order valence-electron chi connectivity index (χ0n) is 18.6. The van der Waals surface area contributed by atoms with E-state index >= 15 is 0 Å². The highest BCUT2D eigenvalue weighted by molar-refractivity contribution is 5.94. The van der Waals surface area contributed by atoms with Gasteiger partial charge < -0.3 is 18.9 Å². The number of carbonyl (C=O) groups excluding carboxylic acids is 2. The molecule has 3 aromatic rings. The Hall–Kier alpha value is -3.35. The molecule has 0 saturated carbocycles. The number of piperidine rings is 1. The lowest BCUT2D eigenvalue weighted by molar-refractivity contribution is -0.128. The Balaban J connectivity index is 1.24. The maximum Gasteiger partial charge on any atom is 0.274 e. The van der Waals surface area contributed by atoms with Crippen molar-refractivity contribution in [2.24, 2.45) is 5.41 Å².